The number of phenolic OH excluding ortho intramolecular Hbond substituents is 1. The molecular formula is C31H26N2O. The van der Waals surface area contributed by atoms with Crippen molar-refractivity contribution in [2.24, 2.45) is 0 Å². The van der Waals surface area contributed by atoms with E-state index in [-0.39, 0.29) is 11.2 Å². The largest absolute Gasteiger partial charge is 0.507 e. The Morgan fingerprint density at radius 3 is 2.00 bits per heavy atom. The summed E-state index contributed by atoms with van der Waals surface area (Å²) in [5.74, 6) is 0.220. The topological polar surface area (TPSA) is 46.0 Å². The smallest absolute Gasteiger partial charge is 0.124 e. The van der Waals surface area contributed by atoms with E-state index in [1.54, 1.807) is 12.3 Å². The maximum absolute atomic E-state index is 10.6. The van der Waals surface area contributed by atoms with Crippen LogP contribution in [-0.4, -0.2) is 15.1 Å². The number of para-hydroxylation sites is 1. The number of aromatic hydroxyl groups is 1. The van der Waals surface area contributed by atoms with Gasteiger partial charge in [0.1, 0.15) is 5.75 Å². The number of phenols is 1. The van der Waals surface area contributed by atoms with Crippen LogP contribution in [0.4, 0.5) is 0 Å². The molecule has 166 valence electrons. The molecule has 0 bridgehead atoms. The van der Waals surface area contributed by atoms with Crippen molar-refractivity contribution < 1.29 is 5.11 Å². The Kier molecular flexibility index (Phi) is 5.69. The van der Waals surface area contributed by atoms with Crippen molar-refractivity contribution in [2.45, 2.75) is 19.3 Å². The normalized spacial score (nSPS) is 11.4. The van der Waals surface area contributed by atoms with E-state index in [9.17, 15) is 5.11 Å². The van der Waals surface area contributed by atoms with Crippen molar-refractivity contribution >= 4 is 0 Å². The molecular weight excluding hydrogens is 416 g/mol. The molecule has 34 heavy (non-hydrogen) atoms. The minimum atomic E-state index is -0.253. The van der Waals surface area contributed by atoms with Gasteiger partial charge in [-0.15, -0.1) is 0 Å². The monoisotopic (exact) mass is 442 g/mol. The number of pyridine rings is 2. The van der Waals surface area contributed by atoms with Crippen LogP contribution in [0, 0.1) is 0 Å². The van der Waals surface area contributed by atoms with Gasteiger partial charge in [0.05, 0.1) is 17.1 Å². The Morgan fingerprint density at radius 2 is 1.26 bits per heavy atom. The van der Waals surface area contributed by atoms with E-state index >= 15 is 0 Å². The van der Waals surface area contributed by atoms with Gasteiger partial charge in [-0.25, -0.2) is 4.98 Å². The Morgan fingerprint density at radius 1 is 0.588 bits per heavy atom. The molecule has 0 aliphatic heterocycles. The van der Waals surface area contributed by atoms with E-state index in [0.717, 1.165) is 39.3 Å². The van der Waals surface area contributed by atoms with Gasteiger partial charge in [0, 0.05) is 28.3 Å². The third-order valence-corrected chi connectivity index (χ3v) is 6.34. The summed E-state index contributed by atoms with van der Waals surface area (Å²) in [5, 5.41) is 10.6. The van der Waals surface area contributed by atoms with Crippen molar-refractivity contribution in [1.29, 1.82) is 0 Å². The Hall–Kier alpha value is -4.24. The molecule has 0 aliphatic carbocycles. The van der Waals surface area contributed by atoms with Gasteiger partial charge in [-0.2, -0.15) is 0 Å². The lowest BCUT2D eigenvalue weighted by atomic mass is 9.77. The molecule has 3 aromatic carbocycles. The lowest BCUT2D eigenvalue weighted by Gasteiger charge is -2.27. The maximum Gasteiger partial charge on any atom is 0.124 e. The molecule has 2 heterocycles. The van der Waals surface area contributed by atoms with Crippen LogP contribution in [0.1, 0.15) is 25.0 Å². The quantitative estimate of drug-likeness (QED) is 0.306. The van der Waals surface area contributed by atoms with E-state index in [1.165, 1.54) is 5.56 Å². The first kappa shape index (κ1) is 21.6. The van der Waals surface area contributed by atoms with Crippen LogP contribution in [0.15, 0.2) is 115 Å². The highest BCUT2D eigenvalue weighted by atomic mass is 16.3. The van der Waals surface area contributed by atoms with Crippen molar-refractivity contribution in [3.63, 3.8) is 0 Å². The zero-order valence-electron chi connectivity index (χ0n) is 19.3. The predicted molar refractivity (Wildman–Crippen MR) is 139 cm³/mol. The van der Waals surface area contributed by atoms with Gasteiger partial charge >= 0.3 is 0 Å². The highest BCUT2D eigenvalue weighted by Gasteiger charge is 2.25. The zero-order valence-corrected chi connectivity index (χ0v) is 19.3. The standard InChI is InChI=1S/C31H26N2O/c1-31(2,24-13-4-3-5-14-24)25-20-28(33-29(21-25)26-15-6-7-17-30(26)34)23-12-10-11-22(19-23)27-16-8-9-18-32-27/h3-21,34H,1-2H3. The Labute approximate surface area is 200 Å². The third kappa shape index (κ3) is 4.20. The van der Waals surface area contributed by atoms with E-state index in [1.807, 2.05) is 48.5 Å². The number of aromatic nitrogens is 2. The van der Waals surface area contributed by atoms with Gasteiger partial charge in [-0.1, -0.05) is 80.6 Å². The van der Waals surface area contributed by atoms with Crippen molar-refractivity contribution in [1.82, 2.24) is 9.97 Å². The third-order valence-electron chi connectivity index (χ3n) is 6.34. The second-order valence-electron chi connectivity index (χ2n) is 8.93. The van der Waals surface area contributed by atoms with Crippen molar-refractivity contribution in [3.05, 3.63) is 127 Å². The highest BCUT2D eigenvalue weighted by Crippen LogP contribution is 2.37. The lowest BCUT2D eigenvalue weighted by molar-refractivity contribution is 0.477. The zero-order chi connectivity index (χ0) is 23.5. The number of benzene rings is 3. The lowest BCUT2D eigenvalue weighted by Crippen LogP contribution is -2.19. The molecule has 0 aliphatic rings. The molecule has 0 saturated heterocycles. The molecule has 5 aromatic rings. The molecule has 0 atom stereocenters. The van der Waals surface area contributed by atoms with E-state index in [0.29, 0.717) is 0 Å². The fourth-order valence-electron chi connectivity index (χ4n) is 4.26. The summed E-state index contributed by atoms with van der Waals surface area (Å²) < 4.78 is 0. The summed E-state index contributed by atoms with van der Waals surface area (Å²) in [7, 11) is 0. The van der Waals surface area contributed by atoms with Crippen LogP contribution in [0.3, 0.4) is 0 Å². The molecule has 1 N–H and O–H groups in total. The fraction of sp³-hybridized carbons (Fsp3) is 0.0968. The number of rotatable bonds is 5. The summed E-state index contributed by atoms with van der Waals surface area (Å²) in [6.07, 6.45) is 1.81. The molecule has 2 aromatic heterocycles. The van der Waals surface area contributed by atoms with Crippen LogP contribution >= 0.6 is 0 Å². The van der Waals surface area contributed by atoms with E-state index < -0.39 is 0 Å². The SMILES string of the molecule is CC(C)(c1ccccc1)c1cc(-c2cccc(-c3ccccn3)c2)nc(-c2ccccc2O)c1. The minimum Gasteiger partial charge on any atom is -0.507 e. The van der Waals surface area contributed by atoms with Gasteiger partial charge < -0.3 is 5.11 Å². The summed E-state index contributed by atoms with van der Waals surface area (Å²) in [4.78, 5) is 9.50. The number of hydrogen-bond acceptors (Lipinski definition) is 3. The molecule has 0 amide bonds. The van der Waals surface area contributed by atoms with Gasteiger partial charge in [0.15, 0.2) is 0 Å². The van der Waals surface area contributed by atoms with E-state index in [4.69, 9.17) is 4.98 Å². The van der Waals surface area contributed by atoms with Gasteiger partial charge in [0.2, 0.25) is 0 Å². The molecule has 0 unspecified atom stereocenters. The Balaban J connectivity index is 1.70. The summed E-state index contributed by atoms with van der Waals surface area (Å²) in [5.41, 5.74) is 7.39. The van der Waals surface area contributed by atoms with Crippen LogP contribution in [-0.2, 0) is 5.41 Å². The number of nitrogens with zero attached hydrogens (tertiary/aromatic N) is 2. The molecule has 5 rings (SSSR count). The predicted octanol–water partition coefficient (Wildman–Crippen LogP) is 7.51. The van der Waals surface area contributed by atoms with Crippen LogP contribution in [0.5, 0.6) is 5.75 Å². The summed E-state index contributed by atoms with van der Waals surface area (Å²) in [6.45, 7) is 4.45. The average Bonchev–Trinajstić information content (AvgIpc) is 2.90. The molecule has 0 spiro atoms. The minimum absolute atomic E-state index is 0.220. The van der Waals surface area contributed by atoms with Crippen LogP contribution in [0.25, 0.3) is 33.8 Å². The second kappa shape index (κ2) is 8.95. The molecule has 3 heteroatoms. The molecule has 0 radical (unpaired) electrons. The van der Waals surface area contributed by atoms with Crippen molar-refractivity contribution in [3.8, 4) is 39.5 Å². The Bertz CT molecular complexity index is 1430. The first-order valence-electron chi connectivity index (χ1n) is 11.4. The number of hydrogen-bond donors (Lipinski definition) is 1. The summed E-state index contributed by atoms with van der Waals surface area (Å²) in [6, 6.07) is 36.3. The second-order valence-corrected chi connectivity index (χ2v) is 8.93. The fourth-order valence-corrected chi connectivity index (χ4v) is 4.26. The van der Waals surface area contributed by atoms with Crippen LogP contribution in [0.2, 0.25) is 0 Å². The maximum atomic E-state index is 10.6. The molecule has 3 nitrogen and oxygen atoms in total. The average molecular weight is 443 g/mol. The van der Waals surface area contributed by atoms with Crippen LogP contribution < -0.4 is 0 Å². The van der Waals surface area contributed by atoms with Gasteiger partial charge in [-0.05, 0) is 53.6 Å². The molecule has 0 fully saturated rings. The highest BCUT2D eigenvalue weighted by molar-refractivity contribution is 5.74. The van der Waals surface area contributed by atoms with E-state index in [2.05, 4.69) is 73.4 Å². The van der Waals surface area contributed by atoms with Gasteiger partial charge in [-0.3, -0.25) is 4.98 Å². The first-order valence-corrected chi connectivity index (χ1v) is 11.4. The van der Waals surface area contributed by atoms with Gasteiger partial charge in [0.25, 0.3) is 0 Å². The molecule has 0 saturated carbocycles. The van der Waals surface area contributed by atoms with Crippen molar-refractivity contribution in [2.75, 3.05) is 0 Å². The summed E-state index contributed by atoms with van der Waals surface area (Å²) >= 11 is 0. The first-order chi connectivity index (χ1) is 16.5.